The molecular weight excluding hydrogens is 1150 g/mol. The number of benzene rings is 3. The maximum Gasteiger partial charge on any atom is 0.306 e. The van der Waals surface area contributed by atoms with Crippen LogP contribution in [0.1, 0.15) is 224 Å². The first-order valence-electron chi connectivity index (χ1n) is 38.9. The summed E-state index contributed by atoms with van der Waals surface area (Å²) in [7, 11) is 0. The van der Waals surface area contributed by atoms with Crippen molar-refractivity contribution >= 4 is 35.3 Å². The van der Waals surface area contributed by atoms with Gasteiger partial charge in [-0.25, -0.2) is 0 Å². The first kappa shape index (κ1) is 62.9. The maximum absolute atomic E-state index is 12.0. The molecule has 93 heavy (non-hydrogen) atoms. The molecular formula is C84H108O9. The predicted octanol–water partition coefficient (Wildman–Crippen LogP) is 17.8. The van der Waals surface area contributed by atoms with Gasteiger partial charge in [0.25, 0.3) is 0 Å². The van der Waals surface area contributed by atoms with Crippen molar-refractivity contribution in [2.75, 3.05) is 19.8 Å². The molecule has 0 radical (unpaired) electrons. The Kier molecular flexibility index (Phi) is 18.4. The first-order valence-corrected chi connectivity index (χ1v) is 38.9. The highest BCUT2D eigenvalue weighted by molar-refractivity contribution is 5.99. The van der Waals surface area contributed by atoms with Gasteiger partial charge in [0.05, 0.1) is 0 Å². The molecule has 0 spiro atoms. The van der Waals surface area contributed by atoms with E-state index in [-0.39, 0.29) is 55.1 Å². The van der Waals surface area contributed by atoms with E-state index >= 15 is 0 Å². The van der Waals surface area contributed by atoms with E-state index in [2.05, 4.69) is 0 Å². The molecule has 15 saturated carbocycles. The van der Waals surface area contributed by atoms with Crippen LogP contribution in [0.25, 0.3) is 0 Å². The molecule has 9 heteroatoms. The van der Waals surface area contributed by atoms with E-state index in [9.17, 15) is 28.8 Å². The second kappa shape index (κ2) is 27.2. The van der Waals surface area contributed by atoms with Crippen LogP contribution in [0.3, 0.4) is 0 Å². The van der Waals surface area contributed by atoms with Crippen molar-refractivity contribution in [1.82, 2.24) is 0 Å². The lowest BCUT2D eigenvalue weighted by atomic mass is 9.20. The predicted molar refractivity (Wildman–Crippen MR) is 358 cm³/mol. The molecule has 15 aliphatic rings. The van der Waals surface area contributed by atoms with E-state index in [0.717, 1.165) is 91.8 Å². The molecule has 15 aliphatic carbocycles. The largest absolute Gasteiger partial charge is 0.457 e. The average Bonchev–Trinajstić information content (AvgIpc) is 0.655. The van der Waals surface area contributed by atoms with Crippen LogP contribution in [-0.2, 0) is 28.6 Å². The zero-order valence-corrected chi connectivity index (χ0v) is 55.8. The van der Waals surface area contributed by atoms with E-state index in [1.165, 1.54) is 184 Å². The number of esters is 3. The van der Waals surface area contributed by atoms with E-state index in [1.807, 2.05) is 54.6 Å². The van der Waals surface area contributed by atoms with Gasteiger partial charge in [0.15, 0.2) is 37.2 Å². The molecule has 0 aromatic heterocycles. The van der Waals surface area contributed by atoms with Gasteiger partial charge < -0.3 is 14.2 Å². The van der Waals surface area contributed by atoms with Crippen LogP contribution in [0.2, 0.25) is 0 Å². The zero-order valence-electron chi connectivity index (χ0n) is 55.8. The number of hydrogen-bond donors (Lipinski definition) is 0. The van der Waals surface area contributed by atoms with Crippen LogP contribution < -0.4 is 0 Å². The fourth-order valence-electron chi connectivity index (χ4n) is 25.8. The Hall–Kier alpha value is -4.92. The number of unbranched alkanes of at least 4 members (excludes halogenated alkanes) is 12. The molecule has 0 amide bonds. The maximum atomic E-state index is 12.0. The number of ketones is 3. The highest BCUT2D eigenvalue weighted by Crippen LogP contribution is 2.87. The minimum Gasteiger partial charge on any atom is -0.457 e. The van der Waals surface area contributed by atoms with Gasteiger partial charge in [0, 0.05) is 36.0 Å². The third kappa shape index (κ3) is 11.4. The van der Waals surface area contributed by atoms with Crippen LogP contribution in [-0.4, -0.2) is 55.1 Å². The summed E-state index contributed by atoms with van der Waals surface area (Å²) in [4.78, 5) is 71.5. The van der Waals surface area contributed by atoms with Crippen LogP contribution in [0.15, 0.2) is 91.0 Å². The normalized spacial score (nSPS) is 40.2. The zero-order chi connectivity index (χ0) is 62.8. The van der Waals surface area contributed by atoms with Crippen LogP contribution >= 0.6 is 0 Å². The summed E-state index contributed by atoms with van der Waals surface area (Å²) < 4.78 is 15.4. The number of Topliss-reactive ketones (excluding diaryl/α,β-unsaturated/α-hetero) is 3. The highest BCUT2D eigenvalue weighted by atomic mass is 16.5. The van der Waals surface area contributed by atoms with Crippen molar-refractivity contribution in [3.05, 3.63) is 108 Å². The lowest BCUT2D eigenvalue weighted by Gasteiger charge is -2.85. The monoisotopic (exact) mass is 1260 g/mol. The summed E-state index contributed by atoms with van der Waals surface area (Å²) in [6.45, 7) is -0.425. The molecule has 15 fully saturated rings. The summed E-state index contributed by atoms with van der Waals surface area (Å²) in [6, 6.07) is 27.1. The van der Waals surface area contributed by atoms with Crippen molar-refractivity contribution < 1.29 is 43.0 Å². The standard InChI is InChI=1S/3C28H36O3/c3*29-22(17-9-6-4-7-10-17)16-31-23(30)12-8-3-1-2-5-11-18-15-21-24(18)28-26-20-14-13-19(20)25(26)27(21)28/h3*4,6-7,9-10,18-21,24-28H,1-3,5,8,11-16H2/t3*18-,19-,20+,21-,24+,25+,26-,27-,28+/m111/s1. The van der Waals surface area contributed by atoms with Gasteiger partial charge in [-0.3, -0.25) is 28.8 Å². The fourth-order valence-corrected chi connectivity index (χ4v) is 25.8. The summed E-state index contributed by atoms with van der Waals surface area (Å²) in [6.07, 6.45) is 37.4. The Labute approximate surface area is 555 Å². The number of rotatable bonds is 33. The Morgan fingerprint density at radius 3 is 0.742 bits per heavy atom. The van der Waals surface area contributed by atoms with Gasteiger partial charge in [0.1, 0.15) is 0 Å². The highest BCUT2D eigenvalue weighted by Gasteiger charge is 2.82. The quantitative estimate of drug-likeness (QED) is 0.0192. The van der Waals surface area contributed by atoms with E-state index in [4.69, 9.17) is 14.2 Å². The van der Waals surface area contributed by atoms with Crippen molar-refractivity contribution in [1.29, 1.82) is 0 Å². The van der Waals surface area contributed by atoms with Crippen molar-refractivity contribution in [3.63, 3.8) is 0 Å². The van der Waals surface area contributed by atoms with Gasteiger partial charge in [-0.2, -0.15) is 0 Å². The summed E-state index contributed by atoms with van der Waals surface area (Å²) in [5, 5.41) is 0. The third-order valence-electron chi connectivity index (χ3n) is 30.4. The number of carbonyl (C=O) groups is 6. The van der Waals surface area contributed by atoms with Gasteiger partial charge in [-0.05, 0) is 237 Å². The molecule has 0 saturated heterocycles. The fraction of sp³-hybridized carbons (Fsp3) is 0.714. The van der Waals surface area contributed by atoms with Gasteiger partial charge in [-0.1, -0.05) is 187 Å². The second-order valence-corrected chi connectivity index (χ2v) is 33.6. The topological polar surface area (TPSA) is 130 Å². The van der Waals surface area contributed by atoms with Crippen molar-refractivity contribution in [2.24, 2.45) is 160 Å². The van der Waals surface area contributed by atoms with E-state index in [1.54, 1.807) is 94.2 Å². The molecule has 0 bridgehead atoms. The van der Waals surface area contributed by atoms with E-state index < -0.39 is 0 Å². The number of carbonyl (C=O) groups excluding carboxylic acids is 6. The van der Waals surface area contributed by atoms with Gasteiger partial charge in [-0.15, -0.1) is 0 Å². The minimum atomic E-state index is -0.243. The Balaban J connectivity index is 0.000000111. The molecule has 18 rings (SSSR count). The molecule has 9 nitrogen and oxygen atoms in total. The van der Waals surface area contributed by atoms with Crippen LogP contribution in [0, 0.1) is 160 Å². The average molecular weight is 1260 g/mol. The molecule has 0 heterocycles. The van der Waals surface area contributed by atoms with Crippen molar-refractivity contribution in [2.45, 2.75) is 193 Å². The van der Waals surface area contributed by atoms with Crippen LogP contribution in [0.5, 0.6) is 0 Å². The summed E-state index contributed by atoms with van der Waals surface area (Å²) in [5.41, 5.74) is 1.80. The van der Waals surface area contributed by atoms with Crippen molar-refractivity contribution in [3.8, 4) is 0 Å². The minimum absolute atomic E-state index is 0.132. The van der Waals surface area contributed by atoms with E-state index in [0.29, 0.717) is 36.0 Å². The molecule has 0 unspecified atom stereocenters. The van der Waals surface area contributed by atoms with Gasteiger partial charge >= 0.3 is 17.9 Å². The van der Waals surface area contributed by atoms with Gasteiger partial charge in [0.2, 0.25) is 0 Å². The Bertz CT molecular complexity index is 2810. The smallest absolute Gasteiger partial charge is 0.306 e. The number of fused-ring (bicyclic) bond motifs is 30. The molecule has 3 aromatic carbocycles. The molecule has 27 atom stereocenters. The lowest BCUT2D eigenvalue weighted by Crippen LogP contribution is -2.80. The molecule has 0 aliphatic heterocycles. The second-order valence-electron chi connectivity index (χ2n) is 33.6. The molecule has 498 valence electrons. The Morgan fingerprint density at radius 2 is 0.484 bits per heavy atom. The third-order valence-corrected chi connectivity index (χ3v) is 30.4. The first-order chi connectivity index (χ1) is 45.7. The Morgan fingerprint density at radius 1 is 0.258 bits per heavy atom. The van der Waals surface area contributed by atoms with Crippen LogP contribution in [0.4, 0.5) is 0 Å². The molecule has 3 aromatic rings. The SMILES string of the molecule is O=C(CCCCCCC[C@@H]1C[C@H]2[C@@H]3[C@H]4[C@@H]5CC[C@@H]5[C@H]4[C@@H]3[C@@H]12)OCC(=O)c1ccccc1.O=C(CCCCCCC[C@@H]1C[C@H]2[C@@H]3[C@H]4[C@@H]5CC[C@@H]5[C@H]4[C@@H]3[C@@H]12)OCC(=O)c1ccccc1.O=C(CCCCCCC[C@@H]1C[C@H]2[C@@H]3[C@H]4[C@@H]5CC[C@@H]5[C@H]4[C@@H]3[C@@H]12)OCC(=O)c1ccccc1. The molecule has 0 N–H and O–H groups in total. The summed E-state index contributed by atoms with van der Waals surface area (Å²) >= 11 is 0. The number of hydrogen-bond acceptors (Lipinski definition) is 9. The number of ether oxygens (including phenoxy) is 3. The summed E-state index contributed by atoms with van der Waals surface area (Å²) in [5.74, 6) is 30.3. The lowest BCUT2D eigenvalue weighted by molar-refractivity contribution is -0.375.